The molecule has 0 unspecified atom stereocenters. The molecule has 2 aromatic heterocycles. The fourth-order valence-electron chi connectivity index (χ4n) is 7.14. The molecule has 0 saturated carbocycles. The standard InChI is InChI=1S/C48H35N3O/c1-2-13-34-16-9-10-19-39(34)35-26-28-38(29-27-35)47-49-46(37-17-7-4-8-18-37)50-48(51-47)42-31-30-40(45-44(42)41-20-11-12-21-43(41)52-45)36-24-22-33(23-25-36)32-14-5-3-6-15-32/h3-12,14-31H,2,13H2,1H3. The van der Waals surface area contributed by atoms with Gasteiger partial charge in [-0.3, -0.25) is 0 Å². The van der Waals surface area contributed by atoms with Crippen LogP contribution in [0.1, 0.15) is 18.9 Å². The number of aromatic nitrogens is 3. The molecule has 0 saturated heterocycles. The van der Waals surface area contributed by atoms with E-state index in [1.807, 2.05) is 48.5 Å². The van der Waals surface area contributed by atoms with Crippen molar-refractivity contribution in [2.45, 2.75) is 19.8 Å². The van der Waals surface area contributed by atoms with Crippen molar-refractivity contribution in [1.82, 2.24) is 15.0 Å². The van der Waals surface area contributed by atoms with Crippen LogP contribution < -0.4 is 0 Å². The van der Waals surface area contributed by atoms with Crippen molar-refractivity contribution in [2.24, 2.45) is 0 Å². The van der Waals surface area contributed by atoms with E-state index in [4.69, 9.17) is 19.4 Å². The average Bonchev–Trinajstić information content (AvgIpc) is 3.61. The zero-order valence-electron chi connectivity index (χ0n) is 28.8. The van der Waals surface area contributed by atoms with Gasteiger partial charge in [-0.05, 0) is 58.0 Å². The molecule has 7 aromatic carbocycles. The SMILES string of the molecule is CCCc1ccccc1-c1ccc(-c2nc(-c3ccccc3)nc(-c3ccc(-c4ccc(-c5ccccc5)cc4)c4oc5ccccc5c34)n2)cc1. The molecule has 0 aliphatic heterocycles. The van der Waals surface area contributed by atoms with Crippen molar-refractivity contribution in [3.63, 3.8) is 0 Å². The summed E-state index contributed by atoms with van der Waals surface area (Å²) in [6.07, 6.45) is 2.15. The molecule has 0 aliphatic carbocycles. The summed E-state index contributed by atoms with van der Waals surface area (Å²) in [7, 11) is 0. The normalized spacial score (nSPS) is 11.3. The third-order valence-electron chi connectivity index (χ3n) is 9.73. The Balaban J connectivity index is 1.19. The number of para-hydroxylation sites is 1. The first-order chi connectivity index (χ1) is 25.7. The Morgan fingerprint density at radius 3 is 1.62 bits per heavy atom. The highest BCUT2D eigenvalue weighted by atomic mass is 16.3. The zero-order valence-corrected chi connectivity index (χ0v) is 28.8. The smallest absolute Gasteiger partial charge is 0.164 e. The summed E-state index contributed by atoms with van der Waals surface area (Å²) in [4.78, 5) is 15.3. The zero-order chi connectivity index (χ0) is 34.9. The van der Waals surface area contributed by atoms with Crippen molar-refractivity contribution >= 4 is 21.9 Å². The highest BCUT2D eigenvalue weighted by Gasteiger charge is 2.21. The molecule has 0 atom stereocenters. The predicted octanol–water partition coefficient (Wildman–Crippen LogP) is 12.7. The van der Waals surface area contributed by atoms with Crippen LogP contribution in [0.4, 0.5) is 0 Å². The van der Waals surface area contributed by atoms with Gasteiger partial charge in [0, 0.05) is 33.0 Å². The molecule has 0 bridgehead atoms. The van der Waals surface area contributed by atoms with Crippen molar-refractivity contribution < 1.29 is 4.42 Å². The Kier molecular flexibility index (Phi) is 8.18. The molecular weight excluding hydrogens is 635 g/mol. The minimum Gasteiger partial charge on any atom is -0.455 e. The Morgan fingerprint density at radius 2 is 0.904 bits per heavy atom. The lowest BCUT2D eigenvalue weighted by atomic mass is 9.96. The van der Waals surface area contributed by atoms with E-state index in [0.29, 0.717) is 17.5 Å². The van der Waals surface area contributed by atoms with Crippen LogP contribution in [0.5, 0.6) is 0 Å². The maximum absolute atomic E-state index is 6.66. The molecular formula is C48H35N3O. The summed E-state index contributed by atoms with van der Waals surface area (Å²) in [5.41, 5.74) is 12.7. The third kappa shape index (κ3) is 5.84. The number of hydrogen-bond acceptors (Lipinski definition) is 4. The molecule has 4 heteroatoms. The van der Waals surface area contributed by atoms with Gasteiger partial charge in [-0.1, -0.05) is 165 Å². The first-order valence-electron chi connectivity index (χ1n) is 17.8. The maximum atomic E-state index is 6.66. The Bertz CT molecular complexity index is 2660. The number of hydrogen-bond donors (Lipinski definition) is 0. The second-order valence-corrected chi connectivity index (χ2v) is 13.1. The van der Waals surface area contributed by atoms with Crippen molar-refractivity contribution in [2.75, 3.05) is 0 Å². The highest BCUT2D eigenvalue weighted by molar-refractivity contribution is 6.15. The molecule has 52 heavy (non-hydrogen) atoms. The highest BCUT2D eigenvalue weighted by Crippen LogP contribution is 2.42. The maximum Gasteiger partial charge on any atom is 0.164 e. The van der Waals surface area contributed by atoms with Gasteiger partial charge in [-0.2, -0.15) is 0 Å². The van der Waals surface area contributed by atoms with Crippen LogP contribution in [0.15, 0.2) is 174 Å². The second kappa shape index (κ2) is 13.6. The second-order valence-electron chi connectivity index (χ2n) is 13.1. The van der Waals surface area contributed by atoms with E-state index in [-0.39, 0.29) is 0 Å². The number of furan rings is 1. The number of benzene rings is 7. The largest absolute Gasteiger partial charge is 0.455 e. The van der Waals surface area contributed by atoms with Gasteiger partial charge in [0.1, 0.15) is 11.2 Å². The summed E-state index contributed by atoms with van der Waals surface area (Å²) in [5.74, 6) is 1.85. The van der Waals surface area contributed by atoms with Gasteiger partial charge in [0.2, 0.25) is 0 Å². The first kappa shape index (κ1) is 31.3. The molecule has 0 aliphatic rings. The fourth-order valence-corrected chi connectivity index (χ4v) is 7.14. The van der Waals surface area contributed by atoms with E-state index >= 15 is 0 Å². The molecule has 0 spiro atoms. The van der Waals surface area contributed by atoms with Gasteiger partial charge >= 0.3 is 0 Å². The Hall–Kier alpha value is -6.65. The van der Waals surface area contributed by atoms with Crippen molar-refractivity contribution in [1.29, 1.82) is 0 Å². The predicted molar refractivity (Wildman–Crippen MR) is 214 cm³/mol. The van der Waals surface area contributed by atoms with Crippen LogP contribution in [0.2, 0.25) is 0 Å². The fraction of sp³-hybridized carbons (Fsp3) is 0.0625. The molecule has 248 valence electrons. The van der Waals surface area contributed by atoms with Gasteiger partial charge in [0.25, 0.3) is 0 Å². The lowest BCUT2D eigenvalue weighted by molar-refractivity contribution is 0.670. The van der Waals surface area contributed by atoms with Gasteiger partial charge in [0.05, 0.1) is 0 Å². The van der Waals surface area contributed by atoms with Crippen LogP contribution in [0.3, 0.4) is 0 Å². The number of aryl methyl sites for hydroxylation is 1. The van der Waals surface area contributed by atoms with E-state index in [1.165, 1.54) is 27.8 Å². The minimum absolute atomic E-state index is 0.601. The Morgan fingerprint density at radius 1 is 0.404 bits per heavy atom. The summed E-state index contributed by atoms with van der Waals surface area (Å²) < 4.78 is 6.66. The van der Waals surface area contributed by atoms with Crippen LogP contribution in [-0.4, -0.2) is 15.0 Å². The number of fused-ring (bicyclic) bond motifs is 3. The van der Waals surface area contributed by atoms with Crippen LogP contribution in [-0.2, 0) is 6.42 Å². The van der Waals surface area contributed by atoms with Gasteiger partial charge in [-0.25, -0.2) is 15.0 Å². The molecule has 0 fully saturated rings. The van der Waals surface area contributed by atoms with Crippen molar-refractivity contribution in [3.8, 4) is 67.5 Å². The van der Waals surface area contributed by atoms with Crippen LogP contribution in [0, 0.1) is 0 Å². The topological polar surface area (TPSA) is 51.8 Å². The molecule has 0 radical (unpaired) electrons. The van der Waals surface area contributed by atoms with E-state index in [9.17, 15) is 0 Å². The van der Waals surface area contributed by atoms with Crippen molar-refractivity contribution in [3.05, 3.63) is 175 Å². The molecule has 9 aromatic rings. The summed E-state index contributed by atoms with van der Waals surface area (Å²) in [6, 6.07) is 59.0. The minimum atomic E-state index is 0.601. The summed E-state index contributed by atoms with van der Waals surface area (Å²) >= 11 is 0. The summed E-state index contributed by atoms with van der Waals surface area (Å²) in [5, 5.41) is 2.01. The van der Waals surface area contributed by atoms with Gasteiger partial charge in [-0.15, -0.1) is 0 Å². The summed E-state index contributed by atoms with van der Waals surface area (Å²) in [6.45, 7) is 2.22. The van der Waals surface area contributed by atoms with E-state index in [1.54, 1.807) is 0 Å². The number of rotatable bonds is 8. The van der Waals surface area contributed by atoms with E-state index in [2.05, 4.69) is 128 Å². The monoisotopic (exact) mass is 669 g/mol. The van der Waals surface area contributed by atoms with E-state index in [0.717, 1.165) is 62.6 Å². The number of nitrogens with zero attached hydrogens (tertiary/aromatic N) is 3. The van der Waals surface area contributed by atoms with Crippen LogP contribution >= 0.6 is 0 Å². The van der Waals surface area contributed by atoms with E-state index < -0.39 is 0 Å². The first-order valence-corrected chi connectivity index (χ1v) is 17.8. The molecule has 0 N–H and O–H groups in total. The average molecular weight is 670 g/mol. The van der Waals surface area contributed by atoms with Gasteiger partial charge < -0.3 is 4.42 Å². The third-order valence-corrected chi connectivity index (χ3v) is 9.73. The molecule has 0 amide bonds. The molecule has 4 nitrogen and oxygen atoms in total. The van der Waals surface area contributed by atoms with Gasteiger partial charge in [0.15, 0.2) is 17.5 Å². The molecule has 2 heterocycles. The lowest BCUT2D eigenvalue weighted by Gasteiger charge is -2.12. The Labute approximate surface area is 303 Å². The van der Waals surface area contributed by atoms with Crippen LogP contribution in [0.25, 0.3) is 89.5 Å². The quantitative estimate of drug-likeness (QED) is 0.162. The molecule has 9 rings (SSSR count). The lowest BCUT2D eigenvalue weighted by Crippen LogP contribution is -2.00.